The van der Waals surface area contributed by atoms with E-state index in [-0.39, 0.29) is 104 Å². The molecular weight excluding hydrogens is 1080 g/mol. The van der Waals surface area contributed by atoms with Gasteiger partial charge in [-0.05, 0) is 92.7 Å². The zero-order chi connectivity index (χ0) is 48.6. The van der Waals surface area contributed by atoms with Crippen molar-refractivity contribution in [1.82, 2.24) is 10.6 Å². The van der Waals surface area contributed by atoms with Crippen LogP contribution < -0.4 is 29.2 Å². The van der Waals surface area contributed by atoms with Crippen molar-refractivity contribution < 1.29 is 78.6 Å². The number of carbonyl (C=O) groups excluding carboxylic acids is 4. The van der Waals surface area contributed by atoms with Crippen molar-refractivity contribution in [3.8, 4) is 33.8 Å². The third kappa shape index (κ3) is 14.4. The first-order valence-electron chi connectivity index (χ1n) is 20.6. The molecule has 70 heavy (non-hydrogen) atoms. The number of fused-ring (bicyclic) bond motifs is 6. The van der Waals surface area contributed by atoms with Crippen LogP contribution in [0.3, 0.4) is 0 Å². The van der Waals surface area contributed by atoms with Gasteiger partial charge >= 0.3 is 81.9 Å². The van der Waals surface area contributed by atoms with Crippen molar-refractivity contribution in [2.45, 2.75) is 36.8 Å². The Bertz CT molecular complexity index is 2770. The van der Waals surface area contributed by atoms with E-state index in [0.717, 1.165) is 44.5 Å². The minimum Gasteiger partial charge on any atom is -0.548 e. The molecule has 8 rings (SSSR count). The molecule has 19 nitrogen and oxygen atoms in total. The summed E-state index contributed by atoms with van der Waals surface area (Å²) in [4.78, 5) is 47.9. The third-order valence-corrected chi connectivity index (χ3v) is 11.8. The van der Waals surface area contributed by atoms with Gasteiger partial charge in [-0.1, -0.05) is 121 Å². The van der Waals surface area contributed by atoms with Gasteiger partial charge < -0.3 is 53.8 Å². The Morgan fingerprint density at radius 3 is 1.01 bits per heavy atom. The van der Waals surface area contributed by atoms with Gasteiger partial charge in [0.25, 0.3) is 0 Å². The van der Waals surface area contributed by atoms with Crippen LogP contribution >= 0.6 is 0 Å². The summed E-state index contributed by atoms with van der Waals surface area (Å²) in [6.07, 6.45) is -2.08. The van der Waals surface area contributed by atoms with E-state index in [1.165, 1.54) is 48.5 Å². The van der Waals surface area contributed by atoms with E-state index < -0.39 is 57.0 Å². The second-order valence-electron chi connectivity index (χ2n) is 15.4. The quantitative estimate of drug-likeness (QED) is 0.0800. The first-order valence-corrected chi connectivity index (χ1v) is 23.3. The molecule has 0 aliphatic heterocycles. The summed E-state index contributed by atoms with van der Waals surface area (Å²) in [5.41, 5.74) is 9.30. The van der Waals surface area contributed by atoms with Crippen molar-refractivity contribution in [2.24, 2.45) is 0 Å². The molecule has 6 aromatic rings. The van der Waals surface area contributed by atoms with Gasteiger partial charge in [0, 0.05) is 11.8 Å². The van der Waals surface area contributed by atoms with Crippen LogP contribution in [0.2, 0.25) is 0 Å². The van der Waals surface area contributed by atoms with Crippen molar-refractivity contribution in [2.75, 3.05) is 13.2 Å². The summed E-state index contributed by atoms with van der Waals surface area (Å²) in [5, 5.41) is 27.7. The van der Waals surface area contributed by atoms with Gasteiger partial charge in [-0.3, -0.25) is 9.11 Å². The number of carboxylic acids is 2. The van der Waals surface area contributed by atoms with Crippen LogP contribution in [0.5, 0.6) is 11.5 Å². The third-order valence-electron chi connectivity index (χ3n) is 11.0. The number of alkyl carbamates (subject to hydrolysis) is 2. The minimum atomic E-state index is -4.67. The number of nitrogens with one attached hydrogen (secondary N) is 2. The van der Waals surface area contributed by atoms with Crippen LogP contribution in [0.25, 0.3) is 22.3 Å². The maximum Gasteiger partial charge on any atom is 2.00 e. The van der Waals surface area contributed by atoms with E-state index in [1.807, 2.05) is 97.1 Å². The standard InChI is InChI=1S/2C24H21NO8S.Ba.H2O/c2*26-23(27)22(13-15-9-11-16(12-10-15)33-34(29,30)31)25-24(28)32-14-21-19-7-3-1-5-17(19)18-6-2-4-8-20(18)21;;/h2*1-12,21-22H,13-14H2,(H,25,28)(H,26,27)(H,29,30,31);;1H2/q;;+2;/p-2/t2*22-;;/m00../s1. The molecule has 360 valence electrons. The summed E-state index contributed by atoms with van der Waals surface area (Å²) < 4.78 is 79.8. The molecule has 6 aromatic carbocycles. The number of hydrogen-bond donors (Lipinski definition) is 4. The Kier molecular flexibility index (Phi) is 18.8. The molecule has 2 atom stereocenters. The van der Waals surface area contributed by atoms with E-state index in [0.29, 0.717) is 11.1 Å². The summed E-state index contributed by atoms with van der Waals surface area (Å²) in [6.45, 7) is 0.0581. The number of aliphatic carboxylic acids is 2. The van der Waals surface area contributed by atoms with Gasteiger partial charge in [-0.2, -0.15) is 16.8 Å². The molecule has 0 bridgehead atoms. The summed E-state index contributed by atoms with van der Waals surface area (Å²) in [6, 6.07) is 39.1. The maximum atomic E-state index is 12.4. The molecule has 0 fully saturated rings. The van der Waals surface area contributed by atoms with Crippen LogP contribution in [0.15, 0.2) is 146 Å². The Morgan fingerprint density at radius 2 is 0.757 bits per heavy atom. The van der Waals surface area contributed by atoms with Crippen LogP contribution in [0.1, 0.15) is 45.2 Å². The normalized spacial score (nSPS) is 13.1. The predicted octanol–water partition coefficient (Wildman–Crippen LogP) is 2.93. The van der Waals surface area contributed by atoms with E-state index >= 15 is 0 Å². The minimum absolute atomic E-state index is 0. The number of benzene rings is 6. The van der Waals surface area contributed by atoms with Crippen LogP contribution in [-0.4, -0.2) is 130 Å². The van der Waals surface area contributed by atoms with Gasteiger partial charge in [0.15, 0.2) is 0 Å². The average Bonchev–Trinajstić information content (AvgIpc) is 3.79. The van der Waals surface area contributed by atoms with Crippen LogP contribution in [-0.2, 0) is 52.7 Å². The number of carbonyl (C=O) groups is 4. The largest absolute Gasteiger partial charge is 2.00 e. The number of ether oxygens (including phenoxy) is 2. The Hall–Kier alpha value is -6.25. The number of carboxylic acid groups (broad SMARTS) is 2. The second-order valence-corrected chi connectivity index (χ2v) is 17.4. The molecule has 2 aliphatic carbocycles. The van der Waals surface area contributed by atoms with Crippen molar-refractivity contribution in [1.29, 1.82) is 0 Å². The molecule has 2 amide bonds. The first kappa shape index (κ1) is 54.7. The van der Waals surface area contributed by atoms with Gasteiger partial charge in [0.2, 0.25) is 0 Å². The van der Waals surface area contributed by atoms with Gasteiger partial charge in [-0.15, -0.1) is 0 Å². The van der Waals surface area contributed by atoms with Gasteiger partial charge in [-0.25, -0.2) is 9.59 Å². The van der Waals surface area contributed by atoms with E-state index in [1.54, 1.807) is 0 Å². The Labute approximate surface area is 442 Å². The van der Waals surface area contributed by atoms with Crippen LogP contribution in [0.4, 0.5) is 9.59 Å². The molecule has 22 heteroatoms. The number of rotatable bonds is 16. The first-order chi connectivity index (χ1) is 32.4. The monoisotopic (exact) mass is 1120 g/mol. The molecule has 0 radical (unpaired) electrons. The number of amides is 2. The molecule has 6 N–H and O–H groups in total. The fraction of sp³-hybridized carbons (Fsp3) is 0.167. The van der Waals surface area contributed by atoms with Crippen LogP contribution in [0, 0.1) is 0 Å². The SMILES string of the molecule is O.O=C(N[C@@H](Cc1ccc(OS(=O)(=O)O)cc1)C(=O)[O-])OCC1c2ccccc2-c2ccccc21.O=C(N[C@@H](Cc1ccc(OS(=O)(=O)O)cc1)C(=O)[O-])OCC1c2ccccc2-c2ccccc21.[Ba+2]. The molecule has 0 saturated heterocycles. The topological polar surface area (TPSA) is 316 Å². The predicted molar refractivity (Wildman–Crippen MR) is 248 cm³/mol. The number of hydrogen-bond acceptors (Lipinski definition) is 14. The molecular formula is C48H42BaN2O17S2. The second kappa shape index (κ2) is 24.0. The zero-order valence-corrected chi connectivity index (χ0v) is 42.7. The molecule has 0 aromatic heterocycles. The van der Waals surface area contributed by atoms with Crippen molar-refractivity contribution in [3.05, 3.63) is 179 Å². The zero-order valence-electron chi connectivity index (χ0n) is 36.6. The van der Waals surface area contributed by atoms with Gasteiger partial charge in [0.05, 0.1) is 24.0 Å². The van der Waals surface area contributed by atoms with Gasteiger partial charge in [0.1, 0.15) is 24.7 Å². The summed E-state index contributed by atoms with van der Waals surface area (Å²) in [7, 11) is -9.34. The molecule has 0 unspecified atom stereocenters. The molecule has 0 saturated carbocycles. The van der Waals surface area contributed by atoms with E-state index in [9.17, 15) is 46.2 Å². The van der Waals surface area contributed by atoms with Crippen molar-refractivity contribution in [3.63, 3.8) is 0 Å². The Balaban J connectivity index is 0.000000254. The van der Waals surface area contributed by atoms with Crippen molar-refractivity contribution >= 4 is 93.8 Å². The smallest absolute Gasteiger partial charge is 0.548 e. The summed E-state index contributed by atoms with van der Waals surface area (Å²) >= 11 is 0. The maximum absolute atomic E-state index is 12.4. The molecule has 0 spiro atoms. The molecule has 0 heterocycles. The molecule has 2 aliphatic rings. The summed E-state index contributed by atoms with van der Waals surface area (Å²) in [5.74, 6) is -3.66. The fourth-order valence-electron chi connectivity index (χ4n) is 8.03. The van der Waals surface area contributed by atoms with E-state index in [2.05, 4.69) is 19.0 Å². The Morgan fingerprint density at radius 1 is 0.486 bits per heavy atom. The average molecular weight is 1120 g/mol. The van der Waals surface area contributed by atoms with E-state index in [4.69, 9.17) is 18.6 Å². The fourth-order valence-corrected chi connectivity index (χ4v) is 8.74.